The Bertz CT molecular complexity index is 557. The molecule has 0 amide bonds. The van der Waals surface area contributed by atoms with Gasteiger partial charge >= 0.3 is 0 Å². The zero-order valence-electron chi connectivity index (χ0n) is 10.6. The molecule has 4 nitrogen and oxygen atoms in total. The zero-order chi connectivity index (χ0) is 14.3. The van der Waals surface area contributed by atoms with Crippen LogP contribution in [0.15, 0.2) is 21.6 Å². The van der Waals surface area contributed by atoms with E-state index in [4.69, 9.17) is 21.0 Å². The lowest BCUT2D eigenvalue weighted by Crippen LogP contribution is -2.09. The summed E-state index contributed by atoms with van der Waals surface area (Å²) >= 11 is 1.33. The molecule has 0 spiro atoms. The lowest BCUT2D eigenvalue weighted by atomic mass is 9.84. The molecule has 94 valence electrons. The average molecular weight is 268 g/mol. The number of thioether (sulfide) groups is 1. The Hall–Kier alpha value is -2.21. The minimum Gasteiger partial charge on any atom is -0.197 e. The van der Waals surface area contributed by atoms with Crippen molar-refractivity contribution in [1.82, 2.24) is 0 Å². The molecule has 0 aliphatic heterocycles. The Labute approximate surface area is 117 Å². The fourth-order valence-electron chi connectivity index (χ4n) is 2.19. The zero-order valence-corrected chi connectivity index (χ0v) is 11.4. The topological polar surface area (TPSA) is 95.2 Å². The van der Waals surface area contributed by atoms with Crippen molar-refractivity contribution < 1.29 is 0 Å². The molecular formula is C14H12N4S. The minimum absolute atomic E-state index is 0.0662. The van der Waals surface area contributed by atoms with Crippen LogP contribution in [0.25, 0.3) is 0 Å². The van der Waals surface area contributed by atoms with Crippen LogP contribution in [-0.2, 0) is 0 Å². The van der Waals surface area contributed by atoms with Crippen molar-refractivity contribution >= 4 is 11.8 Å². The molecule has 0 saturated heterocycles. The molecule has 0 heterocycles. The molecule has 0 fully saturated rings. The van der Waals surface area contributed by atoms with Crippen LogP contribution < -0.4 is 0 Å². The predicted octanol–water partition coefficient (Wildman–Crippen LogP) is 3.18. The van der Waals surface area contributed by atoms with Crippen LogP contribution in [0.3, 0.4) is 0 Å². The summed E-state index contributed by atoms with van der Waals surface area (Å²) in [6, 6.07) is 7.76. The van der Waals surface area contributed by atoms with E-state index in [0.29, 0.717) is 11.3 Å². The van der Waals surface area contributed by atoms with E-state index in [0.717, 1.165) is 30.4 Å². The van der Waals surface area contributed by atoms with E-state index in [2.05, 4.69) is 0 Å². The molecule has 0 N–H and O–H groups in total. The molecule has 0 atom stereocenters. The van der Waals surface area contributed by atoms with E-state index in [1.807, 2.05) is 24.3 Å². The molecular weight excluding hydrogens is 256 g/mol. The molecule has 1 rings (SSSR count). The van der Waals surface area contributed by atoms with Crippen LogP contribution in [0.2, 0.25) is 0 Å². The smallest absolute Gasteiger partial charge is 0.154 e. The fourth-order valence-corrected chi connectivity index (χ4v) is 2.97. The van der Waals surface area contributed by atoms with E-state index >= 15 is 0 Å². The second-order valence-electron chi connectivity index (χ2n) is 4.03. The Morgan fingerprint density at radius 3 is 2.11 bits per heavy atom. The van der Waals surface area contributed by atoms with Gasteiger partial charge in [0.05, 0.1) is 12.1 Å². The first-order chi connectivity index (χ1) is 9.23. The quantitative estimate of drug-likeness (QED) is 0.732. The van der Waals surface area contributed by atoms with Crippen LogP contribution in [0.5, 0.6) is 0 Å². The van der Waals surface area contributed by atoms with E-state index in [9.17, 15) is 0 Å². The van der Waals surface area contributed by atoms with Crippen molar-refractivity contribution in [2.24, 2.45) is 5.92 Å². The van der Waals surface area contributed by atoms with Gasteiger partial charge in [-0.1, -0.05) is 0 Å². The van der Waals surface area contributed by atoms with Gasteiger partial charge in [-0.25, -0.2) is 0 Å². The van der Waals surface area contributed by atoms with Crippen molar-refractivity contribution in [2.75, 3.05) is 6.26 Å². The predicted molar refractivity (Wildman–Crippen MR) is 72.0 cm³/mol. The maximum absolute atomic E-state index is 9.04. The summed E-state index contributed by atoms with van der Waals surface area (Å²) in [7, 11) is 0. The highest BCUT2D eigenvalue weighted by Crippen LogP contribution is 2.38. The lowest BCUT2D eigenvalue weighted by Gasteiger charge is -2.22. The number of rotatable bonds is 3. The minimum atomic E-state index is -0.781. The Balaban J connectivity index is 3.46. The van der Waals surface area contributed by atoms with Crippen LogP contribution in [0.4, 0.5) is 0 Å². The summed E-state index contributed by atoms with van der Waals surface area (Å²) in [6.07, 6.45) is 5.11. The highest BCUT2D eigenvalue weighted by Gasteiger charge is 2.24. The molecule has 0 saturated carbocycles. The van der Waals surface area contributed by atoms with Gasteiger partial charge in [0.15, 0.2) is 5.92 Å². The van der Waals surface area contributed by atoms with Crippen LogP contribution in [0, 0.1) is 51.2 Å². The molecule has 5 heteroatoms. The van der Waals surface area contributed by atoms with Gasteiger partial charge in [-0.05, 0) is 43.1 Å². The number of nitrogens with zero attached hydrogens (tertiary/aromatic N) is 4. The van der Waals surface area contributed by atoms with E-state index < -0.39 is 5.92 Å². The highest BCUT2D eigenvalue weighted by molar-refractivity contribution is 8.02. The first kappa shape index (κ1) is 14.8. The van der Waals surface area contributed by atoms with Gasteiger partial charge in [0.2, 0.25) is 0 Å². The standard InChI is InChI=1S/C14H12N4S/c1-19-14(11(8-17)9-18)13-5-3-2-4-12(13)10(6-15)7-16/h10H,2-5H2,1H3. The number of allylic oxidation sites excluding steroid dienone is 3. The second-order valence-corrected chi connectivity index (χ2v) is 4.85. The number of nitriles is 4. The highest BCUT2D eigenvalue weighted by atomic mass is 32.2. The van der Waals surface area contributed by atoms with Gasteiger partial charge in [-0.2, -0.15) is 21.0 Å². The molecule has 0 unspecified atom stereocenters. The molecule has 1 aliphatic rings. The number of hydrogen-bond acceptors (Lipinski definition) is 5. The maximum atomic E-state index is 9.04. The molecule has 1 aliphatic carbocycles. The first-order valence-corrected chi connectivity index (χ1v) is 7.05. The van der Waals surface area contributed by atoms with Crippen LogP contribution in [0.1, 0.15) is 25.7 Å². The second kappa shape index (κ2) is 7.27. The summed E-state index contributed by atoms with van der Waals surface area (Å²) < 4.78 is 0. The average Bonchev–Trinajstić information content (AvgIpc) is 2.46. The van der Waals surface area contributed by atoms with Crippen LogP contribution >= 0.6 is 11.8 Å². The van der Waals surface area contributed by atoms with Crippen molar-refractivity contribution in [3.05, 3.63) is 21.6 Å². The third kappa shape index (κ3) is 3.17. The lowest BCUT2D eigenvalue weighted by molar-refractivity contribution is 0.651. The fraction of sp³-hybridized carbons (Fsp3) is 0.429. The Morgan fingerprint density at radius 2 is 1.63 bits per heavy atom. The van der Waals surface area contributed by atoms with Gasteiger partial charge in [-0.15, -0.1) is 11.8 Å². The summed E-state index contributed by atoms with van der Waals surface area (Å²) in [5, 5.41) is 36.1. The summed E-state index contributed by atoms with van der Waals surface area (Å²) in [5.41, 5.74) is 1.70. The van der Waals surface area contributed by atoms with E-state index in [1.165, 1.54) is 11.8 Å². The molecule has 0 radical (unpaired) electrons. The van der Waals surface area contributed by atoms with Crippen molar-refractivity contribution in [1.29, 1.82) is 21.0 Å². The Morgan fingerprint density at radius 1 is 1.05 bits per heavy atom. The third-order valence-corrected chi connectivity index (χ3v) is 3.90. The van der Waals surface area contributed by atoms with Gasteiger partial charge < -0.3 is 0 Å². The summed E-state index contributed by atoms with van der Waals surface area (Å²) in [4.78, 5) is 0.621. The summed E-state index contributed by atoms with van der Waals surface area (Å²) in [5.74, 6) is -0.781. The third-order valence-electron chi connectivity index (χ3n) is 3.05. The molecule has 0 aromatic heterocycles. The normalized spacial score (nSPS) is 14.0. The molecule has 0 aromatic carbocycles. The monoisotopic (exact) mass is 268 g/mol. The van der Waals surface area contributed by atoms with Gasteiger partial charge in [0.1, 0.15) is 17.7 Å². The van der Waals surface area contributed by atoms with Gasteiger partial charge in [0.25, 0.3) is 0 Å². The maximum Gasteiger partial charge on any atom is 0.154 e. The van der Waals surface area contributed by atoms with Gasteiger partial charge in [-0.3, -0.25) is 0 Å². The van der Waals surface area contributed by atoms with E-state index in [-0.39, 0.29) is 5.57 Å². The van der Waals surface area contributed by atoms with Crippen molar-refractivity contribution in [3.8, 4) is 24.3 Å². The Kier molecular flexibility index (Phi) is 5.69. The largest absolute Gasteiger partial charge is 0.197 e. The molecule has 0 bridgehead atoms. The van der Waals surface area contributed by atoms with Crippen LogP contribution in [-0.4, -0.2) is 6.26 Å². The first-order valence-electron chi connectivity index (χ1n) is 5.83. The SMILES string of the molecule is CSC(=C(C#N)C#N)C1=C(C(C#N)C#N)CCCC1. The summed E-state index contributed by atoms with van der Waals surface area (Å²) in [6.45, 7) is 0. The molecule has 0 aromatic rings. The molecule has 19 heavy (non-hydrogen) atoms. The number of hydrogen-bond donors (Lipinski definition) is 0. The van der Waals surface area contributed by atoms with Crippen molar-refractivity contribution in [2.45, 2.75) is 25.7 Å². The van der Waals surface area contributed by atoms with Crippen molar-refractivity contribution in [3.63, 3.8) is 0 Å². The van der Waals surface area contributed by atoms with Gasteiger partial charge in [0, 0.05) is 4.91 Å². The van der Waals surface area contributed by atoms with E-state index in [1.54, 1.807) is 6.26 Å².